The van der Waals surface area contributed by atoms with Gasteiger partial charge in [-0.1, -0.05) is 0 Å². The number of hydrogen-bond donors (Lipinski definition) is 1. The van der Waals surface area contributed by atoms with Gasteiger partial charge in [-0.2, -0.15) is 13.2 Å². The molecule has 2 rings (SSSR count). The monoisotopic (exact) mass is 263 g/mol. The van der Waals surface area contributed by atoms with E-state index in [1.165, 1.54) is 4.90 Å². The van der Waals surface area contributed by atoms with E-state index in [9.17, 15) is 22.4 Å². The van der Waals surface area contributed by atoms with Crippen LogP contribution >= 0.6 is 0 Å². The molecule has 2 heterocycles. The fraction of sp³-hybridized carbons (Fsp3) is 0.400. The van der Waals surface area contributed by atoms with Gasteiger partial charge in [0.05, 0.1) is 12.1 Å². The summed E-state index contributed by atoms with van der Waals surface area (Å²) >= 11 is 0. The molecule has 0 aromatic carbocycles. The number of carbonyl (C=O) groups excluding carboxylic acids is 1. The molecule has 1 aliphatic rings. The highest BCUT2D eigenvalue weighted by Crippen LogP contribution is 2.30. The average Bonchev–Trinajstić information content (AvgIpc) is 2.27. The Bertz CT molecular complexity index is 475. The summed E-state index contributed by atoms with van der Waals surface area (Å²) in [5.41, 5.74) is -1.15. The van der Waals surface area contributed by atoms with Gasteiger partial charge in [-0.3, -0.25) is 4.79 Å². The molecule has 1 aromatic heterocycles. The first-order valence-corrected chi connectivity index (χ1v) is 5.12. The molecule has 0 aliphatic carbocycles. The highest BCUT2D eigenvalue weighted by Gasteiger charge is 2.32. The molecule has 0 bridgehead atoms. The minimum Gasteiger partial charge on any atom is -0.353 e. The van der Waals surface area contributed by atoms with E-state index in [1.807, 2.05) is 0 Å². The second-order valence-corrected chi connectivity index (χ2v) is 3.80. The predicted molar refractivity (Wildman–Crippen MR) is 54.4 cm³/mol. The summed E-state index contributed by atoms with van der Waals surface area (Å²) < 4.78 is 50.5. The minimum absolute atomic E-state index is 0.116. The van der Waals surface area contributed by atoms with Gasteiger partial charge in [0.15, 0.2) is 11.6 Å². The van der Waals surface area contributed by atoms with Crippen LogP contribution in [0.15, 0.2) is 12.3 Å². The summed E-state index contributed by atoms with van der Waals surface area (Å²) in [7, 11) is 0. The van der Waals surface area contributed by atoms with Crippen molar-refractivity contribution in [2.45, 2.75) is 6.18 Å². The van der Waals surface area contributed by atoms with Crippen LogP contribution in [0.3, 0.4) is 0 Å². The fourth-order valence-corrected chi connectivity index (χ4v) is 1.64. The summed E-state index contributed by atoms with van der Waals surface area (Å²) in [5.74, 6) is -1.64. The zero-order valence-electron chi connectivity index (χ0n) is 9.09. The summed E-state index contributed by atoms with van der Waals surface area (Å²) in [6.07, 6.45) is -4.07. The molecule has 0 atom stereocenters. The number of piperazine rings is 1. The van der Waals surface area contributed by atoms with E-state index >= 15 is 0 Å². The topological polar surface area (TPSA) is 45.2 Å². The Labute approximate surface area is 99.6 Å². The van der Waals surface area contributed by atoms with Gasteiger partial charge in [0.1, 0.15) is 0 Å². The minimum atomic E-state index is -4.63. The molecule has 4 nitrogen and oxygen atoms in total. The fourth-order valence-electron chi connectivity index (χ4n) is 1.64. The quantitative estimate of drug-likeness (QED) is 0.774. The molecule has 0 radical (unpaired) electrons. The molecule has 8 heteroatoms. The average molecular weight is 263 g/mol. The molecule has 18 heavy (non-hydrogen) atoms. The first kappa shape index (κ1) is 12.6. The van der Waals surface area contributed by atoms with Gasteiger partial charge in [0, 0.05) is 19.3 Å². The Balaban J connectivity index is 2.27. The van der Waals surface area contributed by atoms with E-state index in [1.54, 1.807) is 0 Å². The first-order chi connectivity index (χ1) is 8.38. The van der Waals surface area contributed by atoms with Crippen molar-refractivity contribution in [2.75, 3.05) is 24.5 Å². The summed E-state index contributed by atoms with van der Waals surface area (Å²) in [4.78, 5) is 15.9. The third-order valence-electron chi connectivity index (χ3n) is 2.49. The van der Waals surface area contributed by atoms with Crippen LogP contribution in [0, 0.1) is 5.82 Å². The van der Waals surface area contributed by atoms with Gasteiger partial charge in [-0.05, 0) is 6.07 Å². The molecular weight excluding hydrogens is 254 g/mol. The molecule has 0 saturated carbocycles. The highest BCUT2D eigenvalue weighted by molar-refractivity contribution is 5.82. The number of pyridine rings is 1. The van der Waals surface area contributed by atoms with Crippen LogP contribution in [-0.2, 0) is 11.0 Å². The summed E-state index contributed by atoms with van der Waals surface area (Å²) in [5, 5.41) is 2.53. The van der Waals surface area contributed by atoms with Crippen molar-refractivity contribution in [3.05, 3.63) is 23.6 Å². The lowest BCUT2D eigenvalue weighted by Gasteiger charge is -2.27. The van der Waals surface area contributed by atoms with Crippen molar-refractivity contribution in [2.24, 2.45) is 0 Å². The molecule has 1 amide bonds. The van der Waals surface area contributed by atoms with Crippen molar-refractivity contribution in [1.29, 1.82) is 0 Å². The number of aromatic nitrogens is 1. The third-order valence-corrected chi connectivity index (χ3v) is 2.49. The van der Waals surface area contributed by atoms with Crippen molar-refractivity contribution in [3.63, 3.8) is 0 Å². The maximum atomic E-state index is 13.6. The molecule has 0 unspecified atom stereocenters. The van der Waals surface area contributed by atoms with Crippen molar-refractivity contribution >= 4 is 11.7 Å². The van der Waals surface area contributed by atoms with Crippen LogP contribution < -0.4 is 10.2 Å². The van der Waals surface area contributed by atoms with Crippen molar-refractivity contribution < 1.29 is 22.4 Å². The van der Waals surface area contributed by atoms with Crippen LogP contribution in [0.4, 0.5) is 23.4 Å². The molecule has 1 fully saturated rings. The van der Waals surface area contributed by atoms with Gasteiger partial charge < -0.3 is 10.2 Å². The zero-order chi connectivity index (χ0) is 13.3. The number of anilines is 1. The van der Waals surface area contributed by atoms with Gasteiger partial charge in [-0.25, -0.2) is 9.37 Å². The van der Waals surface area contributed by atoms with Crippen LogP contribution in [-0.4, -0.2) is 30.5 Å². The van der Waals surface area contributed by atoms with E-state index in [2.05, 4.69) is 10.3 Å². The number of halogens is 4. The lowest BCUT2D eigenvalue weighted by Crippen LogP contribution is -2.48. The molecule has 1 N–H and O–H groups in total. The second kappa shape index (κ2) is 4.43. The lowest BCUT2D eigenvalue weighted by atomic mass is 10.2. The van der Waals surface area contributed by atoms with Gasteiger partial charge in [0.25, 0.3) is 0 Å². The number of carbonyl (C=O) groups is 1. The van der Waals surface area contributed by atoms with Crippen LogP contribution in [0.2, 0.25) is 0 Å². The maximum absolute atomic E-state index is 13.6. The van der Waals surface area contributed by atoms with E-state index in [0.29, 0.717) is 25.4 Å². The summed E-state index contributed by atoms with van der Waals surface area (Å²) in [6.45, 7) is 0.497. The van der Waals surface area contributed by atoms with Crippen molar-refractivity contribution in [3.8, 4) is 0 Å². The zero-order valence-corrected chi connectivity index (χ0v) is 9.09. The Morgan fingerprint density at radius 3 is 2.67 bits per heavy atom. The SMILES string of the molecule is O=C1CN(c2ncc(C(F)(F)F)cc2F)CCN1. The second-order valence-electron chi connectivity index (χ2n) is 3.80. The normalized spacial score (nSPS) is 16.7. The Hall–Kier alpha value is -1.86. The number of amides is 1. The number of rotatable bonds is 1. The Morgan fingerprint density at radius 1 is 1.39 bits per heavy atom. The molecule has 1 aromatic rings. The predicted octanol–water partition coefficient (Wildman–Crippen LogP) is 1.18. The lowest BCUT2D eigenvalue weighted by molar-refractivity contribution is -0.138. The van der Waals surface area contributed by atoms with Gasteiger partial charge >= 0.3 is 6.18 Å². The largest absolute Gasteiger partial charge is 0.417 e. The Morgan fingerprint density at radius 2 is 2.11 bits per heavy atom. The van der Waals surface area contributed by atoms with Crippen LogP contribution in [0.25, 0.3) is 0 Å². The number of nitrogens with one attached hydrogen (secondary N) is 1. The smallest absolute Gasteiger partial charge is 0.353 e. The number of alkyl halides is 3. The number of nitrogens with zero attached hydrogens (tertiary/aromatic N) is 2. The molecule has 98 valence electrons. The first-order valence-electron chi connectivity index (χ1n) is 5.12. The standard InChI is InChI=1S/C10H9F4N3O/c11-7-3-6(10(12,13)14)4-16-9(7)17-2-1-15-8(18)5-17/h3-4H,1-2,5H2,(H,15,18). The van der Waals surface area contributed by atoms with Crippen LogP contribution in [0.1, 0.15) is 5.56 Å². The molecule has 1 saturated heterocycles. The molecular formula is C10H9F4N3O. The van der Waals surface area contributed by atoms with Crippen molar-refractivity contribution in [1.82, 2.24) is 10.3 Å². The van der Waals surface area contributed by atoms with E-state index < -0.39 is 17.6 Å². The van der Waals surface area contributed by atoms with Gasteiger partial charge in [-0.15, -0.1) is 0 Å². The molecule has 0 spiro atoms. The van der Waals surface area contributed by atoms with E-state index in [-0.39, 0.29) is 18.3 Å². The summed E-state index contributed by atoms with van der Waals surface area (Å²) in [6, 6.07) is 0.384. The molecule has 1 aliphatic heterocycles. The van der Waals surface area contributed by atoms with Crippen LogP contribution in [0.5, 0.6) is 0 Å². The number of hydrogen-bond acceptors (Lipinski definition) is 3. The van der Waals surface area contributed by atoms with E-state index in [0.717, 1.165) is 0 Å². The Kier molecular flexibility index (Phi) is 3.10. The third kappa shape index (κ3) is 2.52. The van der Waals surface area contributed by atoms with Gasteiger partial charge in [0.2, 0.25) is 5.91 Å². The van der Waals surface area contributed by atoms with E-state index in [4.69, 9.17) is 0 Å². The maximum Gasteiger partial charge on any atom is 0.417 e. The highest BCUT2D eigenvalue weighted by atomic mass is 19.4.